The van der Waals surface area contributed by atoms with E-state index in [4.69, 9.17) is 10.8 Å². The summed E-state index contributed by atoms with van der Waals surface area (Å²) in [5.41, 5.74) is 8.16. The molecule has 0 fully saturated rings. The van der Waals surface area contributed by atoms with Crippen molar-refractivity contribution in [2.75, 3.05) is 30.7 Å². The van der Waals surface area contributed by atoms with E-state index in [1.165, 1.54) is 0 Å². The van der Waals surface area contributed by atoms with Crippen molar-refractivity contribution in [3.05, 3.63) is 23.8 Å². The van der Waals surface area contributed by atoms with Gasteiger partial charge in [0.05, 0.1) is 0 Å². The lowest BCUT2D eigenvalue weighted by atomic mass is 10.1. The number of nitrogens with zero attached hydrogens (tertiary/aromatic N) is 1. The second-order valence-electron chi connectivity index (χ2n) is 5.58. The summed E-state index contributed by atoms with van der Waals surface area (Å²) < 4.78 is 0. The maximum atomic E-state index is 12.0. The molecule has 0 spiro atoms. The van der Waals surface area contributed by atoms with Crippen molar-refractivity contribution < 1.29 is 9.90 Å². The number of anilines is 2. The van der Waals surface area contributed by atoms with Crippen molar-refractivity contribution in [1.82, 2.24) is 4.90 Å². The SMILES string of the molecule is Cc1cc(N)ccc1NC(=O)CCN(CCCO)C(C)C. The van der Waals surface area contributed by atoms with Gasteiger partial charge in [0.25, 0.3) is 0 Å². The van der Waals surface area contributed by atoms with Crippen LogP contribution in [0.4, 0.5) is 11.4 Å². The summed E-state index contributed by atoms with van der Waals surface area (Å²) in [5.74, 6) is -0.00230. The van der Waals surface area contributed by atoms with Crippen molar-refractivity contribution in [3.63, 3.8) is 0 Å². The first-order chi connectivity index (χ1) is 9.93. The number of hydrogen-bond donors (Lipinski definition) is 3. The van der Waals surface area contributed by atoms with Crippen LogP contribution in [0.5, 0.6) is 0 Å². The van der Waals surface area contributed by atoms with Crippen LogP contribution in [0.2, 0.25) is 0 Å². The zero-order valence-electron chi connectivity index (χ0n) is 13.2. The molecule has 0 aliphatic heterocycles. The molecule has 21 heavy (non-hydrogen) atoms. The van der Waals surface area contributed by atoms with Gasteiger partial charge in [0, 0.05) is 43.5 Å². The third kappa shape index (κ3) is 6.14. The molecular weight excluding hydrogens is 266 g/mol. The molecule has 0 bridgehead atoms. The summed E-state index contributed by atoms with van der Waals surface area (Å²) in [6, 6.07) is 5.82. The number of rotatable bonds is 8. The van der Waals surface area contributed by atoms with Gasteiger partial charge < -0.3 is 21.1 Å². The maximum absolute atomic E-state index is 12.0. The first kappa shape index (κ1) is 17.5. The lowest BCUT2D eigenvalue weighted by Crippen LogP contribution is -2.35. The molecule has 0 aliphatic rings. The fourth-order valence-electron chi connectivity index (χ4n) is 2.19. The van der Waals surface area contributed by atoms with Crippen molar-refractivity contribution in [2.45, 2.75) is 39.7 Å². The first-order valence-electron chi connectivity index (χ1n) is 7.45. The van der Waals surface area contributed by atoms with Gasteiger partial charge in [0.2, 0.25) is 5.91 Å². The van der Waals surface area contributed by atoms with Gasteiger partial charge >= 0.3 is 0 Å². The quantitative estimate of drug-likeness (QED) is 0.641. The van der Waals surface area contributed by atoms with Crippen LogP contribution in [0.25, 0.3) is 0 Å². The number of aliphatic hydroxyl groups is 1. The average Bonchev–Trinajstić information content (AvgIpc) is 2.41. The summed E-state index contributed by atoms with van der Waals surface area (Å²) in [7, 11) is 0. The molecule has 0 heterocycles. The molecule has 0 radical (unpaired) electrons. The number of carbonyl (C=O) groups excluding carboxylic acids is 1. The Bertz CT molecular complexity index is 461. The van der Waals surface area contributed by atoms with Gasteiger partial charge in [-0.15, -0.1) is 0 Å². The molecule has 0 aliphatic carbocycles. The van der Waals surface area contributed by atoms with E-state index in [0.717, 1.165) is 24.2 Å². The zero-order valence-corrected chi connectivity index (χ0v) is 13.2. The van der Waals surface area contributed by atoms with Crippen LogP contribution < -0.4 is 11.1 Å². The van der Waals surface area contributed by atoms with E-state index in [1.807, 2.05) is 19.1 Å². The predicted octanol–water partition coefficient (Wildman–Crippen LogP) is 2.00. The monoisotopic (exact) mass is 293 g/mol. The normalized spacial score (nSPS) is 11.1. The van der Waals surface area contributed by atoms with E-state index >= 15 is 0 Å². The molecule has 0 saturated heterocycles. The molecule has 5 heteroatoms. The van der Waals surface area contributed by atoms with Crippen molar-refractivity contribution in [3.8, 4) is 0 Å². The molecule has 0 aromatic heterocycles. The fourth-order valence-corrected chi connectivity index (χ4v) is 2.19. The number of benzene rings is 1. The Hall–Kier alpha value is -1.59. The number of nitrogens with two attached hydrogens (primary N) is 1. The Balaban J connectivity index is 2.49. The Labute approximate surface area is 127 Å². The summed E-state index contributed by atoms with van der Waals surface area (Å²) in [4.78, 5) is 14.2. The van der Waals surface area contributed by atoms with Crippen LogP contribution in [0.3, 0.4) is 0 Å². The highest BCUT2D eigenvalue weighted by molar-refractivity contribution is 5.91. The molecular formula is C16H27N3O2. The molecule has 1 aromatic carbocycles. The Morgan fingerprint density at radius 3 is 2.67 bits per heavy atom. The number of aryl methyl sites for hydroxylation is 1. The molecule has 4 N–H and O–H groups in total. The molecule has 5 nitrogen and oxygen atoms in total. The molecule has 1 aromatic rings. The Kier molecular flexibility index (Phi) is 7.19. The van der Waals surface area contributed by atoms with E-state index in [-0.39, 0.29) is 12.5 Å². The van der Waals surface area contributed by atoms with Gasteiger partial charge in [-0.2, -0.15) is 0 Å². The smallest absolute Gasteiger partial charge is 0.225 e. The number of amides is 1. The van der Waals surface area contributed by atoms with Gasteiger partial charge in [-0.3, -0.25) is 4.79 Å². The summed E-state index contributed by atoms with van der Waals surface area (Å²) in [6.07, 6.45) is 1.17. The fraction of sp³-hybridized carbons (Fsp3) is 0.562. The van der Waals surface area contributed by atoms with E-state index in [1.54, 1.807) is 6.07 Å². The molecule has 118 valence electrons. The van der Waals surface area contributed by atoms with Crippen LogP contribution in [0.1, 0.15) is 32.3 Å². The minimum atomic E-state index is -0.00230. The maximum Gasteiger partial charge on any atom is 0.225 e. The number of hydrogen-bond acceptors (Lipinski definition) is 4. The topological polar surface area (TPSA) is 78.6 Å². The van der Waals surface area contributed by atoms with Crippen LogP contribution in [0.15, 0.2) is 18.2 Å². The van der Waals surface area contributed by atoms with E-state index < -0.39 is 0 Å². The first-order valence-corrected chi connectivity index (χ1v) is 7.45. The molecule has 0 saturated carbocycles. The molecule has 1 rings (SSSR count). The van der Waals surface area contributed by atoms with Gasteiger partial charge in [0.1, 0.15) is 0 Å². The number of nitrogens with one attached hydrogen (secondary N) is 1. The minimum Gasteiger partial charge on any atom is -0.399 e. The highest BCUT2D eigenvalue weighted by Gasteiger charge is 2.12. The predicted molar refractivity (Wildman–Crippen MR) is 87.2 cm³/mol. The van der Waals surface area contributed by atoms with Crippen LogP contribution in [-0.4, -0.2) is 41.7 Å². The van der Waals surface area contributed by atoms with Gasteiger partial charge in [-0.25, -0.2) is 0 Å². The van der Waals surface area contributed by atoms with Crippen molar-refractivity contribution in [2.24, 2.45) is 0 Å². The van der Waals surface area contributed by atoms with E-state index in [2.05, 4.69) is 24.1 Å². The van der Waals surface area contributed by atoms with Crippen molar-refractivity contribution >= 4 is 17.3 Å². The van der Waals surface area contributed by atoms with Crippen LogP contribution in [0, 0.1) is 6.92 Å². The van der Waals surface area contributed by atoms with Crippen molar-refractivity contribution in [1.29, 1.82) is 0 Å². The Morgan fingerprint density at radius 1 is 1.38 bits per heavy atom. The van der Waals surface area contributed by atoms with E-state index in [0.29, 0.717) is 24.7 Å². The standard InChI is InChI=1S/C16H27N3O2/c1-12(2)19(8-4-10-20)9-7-16(21)18-15-6-5-14(17)11-13(15)3/h5-6,11-12,20H,4,7-10,17H2,1-3H3,(H,18,21). The molecule has 0 atom stereocenters. The van der Waals surface area contributed by atoms with Crippen LogP contribution in [-0.2, 0) is 4.79 Å². The summed E-state index contributed by atoms with van der Waals surface area (Å²) >= 11 is 0. The largest absolute Gasteiger partial charge is 0.399 e. The highest BCUT2D eigenvalue weighted by Crippen LogP contribution is 2.17. The lowest BCUT2D eigenvalue weighted by molar-refractivity contribution is -0.116. The van der Waals surface area contributed by atoms with Gasteiger partial charge in [-0.1, -0.05) is 0 Å². The molecule has 1 amide bonds. The van der Waals surface area contributed by atoms with E-state index in [9.17, 15) is 4.79 Å². The second kappa shape index (κ2) is 8.64. The second-order valence-corrected chi connectivity index (χ2v) is 5.58. The zero-order chi connectivity index (χ0) is 15.8. The molecule has 0 unspecified atom stereocenters. The highest BCUT2D eigenvalue weighted by atomic mass is 16.3. The lowest BCUT2D eigenvalue weighted by Gasteiger charge is -2.25. The summed E-state index contributed by atoms with van der Waals surface area (Å²) in [6.45, 7) is 7.80. The number of aliphatic hydroxyl groups excluding tert-OH is 1. The van der Waals surface area contributed by atoms with Gasteiger partial charge in [0.15, 0.2) is 0 Å². The third-order valence-electron chi connectivity index (χ3n) is 3.48. The number of nitrogen functional groups attached to an aromatic ring is 1. The van der Waals surface area contributed by atoms with Gasteiger partial charge in [-0.05, 0) is 51.0 Å². The number of carbonyl (C=O) groups is 1. The van der Waals surface area contributed by atoms with Crippen LogP contribution >= 0.6 is 0 Å². The average molecular weight is 293 g/mol. The minimum absolute atomic E-state index is 0.00230. The summed E-state index contributed by atoms with van der Waals surface area (Å²) in [5, 5.41) is 11.8. The third-order valence-corrected chi connectivity index (χ3v) is 3.48. The Morgan fingerprint density at radius 2 is 2.10 bits per heavy atom.